The van der Waals surface area contributed by atoms with Crippen molar-refractivity contribution in [1.82, 2.24) is 0 Å². The Kier molecular flexibility index (Phi) is 5.69. The molecule has 0 heterocycles. The topological polar surface area (TPSA) is 0 Å². The Bertz CT molecular complexity index is 64.6. The summed E-state index contributed by atoms with van der Waals surface area (Å²) in [4.78, 5) is 0. The smallest absolute Gasteiger partial charge is 0.0152 e. The van der Waals surface area contributed by atoms with E-state index in [1.54, 1.807) is 11.8 Å². The molecule has 0 aliphatic heterocycles. The Hall–Kier alpha value is -0.170. The monoisotopic (exact) mass is 114 g/mol. The molecule has 0 N–H and O–H groups in total. The van der Waals surface area contributed by atoms with Gasteiger partial charge in [0.05, 0.1) is 0 Å². The summed E-state index contributed by atoms with van der Waals surface area (Å²) < 4.78 is 0. The van der Waals surface area contributed by atoms with Gasteiger partial charge in [0, 0.05) is 5.75 Å². The summed E-state index contributed by atoms with van der Waals surface area (Å²) in [6.07, 6.45) is 3.92. The third-order valence-corrected chi connectivity index (χ3v) is 1.34. The van der Waals surface area contributed by atoms with Crippen molar-refractivity contribution < 1.29 is 0 Å². The second kappa shape index (κ2) is 5.83. The Morgan fingerprint density at radius 1 is 1.71 bits per heavy atom. The first-order valence-electron chi connectivity index (χ1n) is 2.25. The van der Waals surface area contributed by atoms with E-state index >= 15 is 0 Å². The minimum Gasteiger partial charge on any atom is -0.130 e. The highest BCUT2D eigenvalue weighted by atomic mass is 32.2. The average Bonchev–Trinajstić information content (AvgIpc) is 1.69. The van der Waals surface area contributed by atoms with Gasteiger partial charge in [0.1, 0.15) is 0 Å². The van der Waals surface area contributed by atoms with E-state index in [0.717, 1.165) is 5.75 Å². The van der Waals surface area contributed by atoms with Crippen LogP contribution in [0.2, 0.25) is 0 Å². The molecule has 0 aromatic heterocycles. The molecule has 0 saturated heterocycles. The van der Waals surface area contributed by atoms with Crippen molar-refractivity contribution in [3.63, 3.8) is 0 Å². The molecule has 0 aromatic carbocycles. The van der Waals surface area contributed by atoms with Crippen LogP contribution in [0.4, 0.5) is 0 Å². The number of thioether (sulfide) groups is 1. The molecule has 0 spiro atoms. The maximum atomic E-state index is 3.58. The number of rotatable bonds is 3. The van der Waals surface area contributed by atoms with E-state index in [0.29, 0.717) is 0 Å². The molecular formula is C6H10S. The SMILES string of the molecule is C=CCS/C=C/C. The number of hydrogen-bond donors (Lipinski definition) is 0. The van der Waals surface area contributed by atoms with E-state index in [-0.39, 0.29) is 0 Å². The summed E-state index contributed by atoms with van der Waals surface area (Å²) >= 11 is 1.75. The van der Waals surface area contributed by atoms with Crippen LogP contribution in [-0.4, -0.2) is 5.75 Å². The molecule has 0 atom stereocenters. The number of allylic oxidation sites excluding steroid dienone is 1. The molecule has 1 heteroatoms. The fraction of sp³-hybridized carbons (Fsp3) is 0.333. The second-order valence-electron chi connectivity index (χ2n) is 1.09. The molecule has 7 heavy (non-hydrogen) atoms. The Balaban J connectivity index is 2.82. The summed E-state index contributed by atoms with van der Waals surface area (Å²) in [5.74, 6) is 1.02. The first-order valence-corrected chi connectivity index (χ1v) is 3.30. The minimum absolute atomic E-state index is 1.02. The molecule has 0 bridgehead atoms. The molecule has 0 unspecified atom stereocenters. The average molecular weight is 114 g/mol. The molecule has 40 valence electrons. The molecule has 0 fully saturated rings. The highest BCUT2D eigenvalue weighted by Crippen LogP contribution is 1.99. The van der Waals surface area contributed by atoms with E-state index in [2.05, 4.69) is 12.0 Å². The van der Waals surface area contributed by atoms with Crippen molar-refractivity contribution in [2.24, 2.45) is 0 Å². The van der Waals surface area contributed by atoms with Crippen molar-refractivity contribution >= 4 is 11.8 Å². The van der Waals surface area contributed by atoms with E-state index in [4.69, 9.17) is 0 Å². The Morgan fingerprint density at radius 3 is 2.86 bits per heavy atom. The molecule has 0 aromatic rings. The number of hydrogen-bond acceptors (Lipinski definition) is 1. The molecular weight excluding hydrogens is 104 g/mol. The van der Waals surface area contributed by atoms with Crippen LogP contribution in [-0.2, 0) is 0 Å². The standard InChI is InChI=1S/C6H10S/c1-3-5-7-6-4-2/h3-4,6H,1,5H2,2H3/b6-4+. The van der Waals surface area contributed by atoms with E-state index in [1.807, 2.05) is 19.1 Å². The van der Waals surface area contributed by atoms with Crippen LogP contribution in [0.15, 0.2) is 24.1 Å². The zero-order chi connectivity index (χ0) is 5.54. The van der Waals surface area contributed by atoms with Gasteiger partial charge in [-0.15, -0.1) is 18.3 Å². The fourth-order valence-electron chi connectivity index (χ4n) is 0.220. The lowest BCUT2D eigenvalue weighted by Gasteiger charge is -1.79. The van der Waals surface area contributed by atoms with Crippen molar-refractivity contribution in [3.8, 4) is 0 Å². The highest BCUT2D eigenvalue weighted by Gasteiger charge is 1.68. The Labute approximate surface area is 49.3 Å². The summed E-state index contributed by atoms with van der Waals surface area (Å²) in [6, 6.07) is 0. The fourth-order valence-corrected chi connectivity index (χ4v) is 0.659. The first kappa shape index (κ1) is 6.83. The van der Waals surface area contributed by atoms with Crippen LogP contribution in [0.5, 0.6) is 0 Å². The van der Waals surface area contributed by atoms with Crippen molar-refractivity contribution in [3.05, 3.63) is 24.1 Å². The van der Waals surface area contributed by atoms with Gasteiger partial charge >= 0.3 is 0 Å². The molecule has 0 radical (unpaired) electrons. The van der Waals surface area contributed by atoms with Crippen molar-refractivity contribution in [1.29, 1.82) is 0 Å². The van der Waals surface area contributed by atoms with Gasteiger partial charge in [-0.2, -0.15) is 0 Å². The van der Waals surface area contributed by atoms with E-state index in [9.17, 15) is 0 Å². The third-order valence-electron chi connectivity index (χ3n) is 0.446. The van der Waals surface area contributed by atoms with Crippen LogP contribution < -0.4 is 0 Å². The van der Waals surface area contributed by atoms with Crippen LogP contribution in [0, 0.1) is 0 Å². The predicted molar refractivity (Wildman–Crippen MR) is 37.5 cm³/mol. The molecule has 0 nitrogen and oxygen atoms in total. The van der Waals surface area contributed by atoms with Gasteiger partial charge in [-0.25, -0.2) is 0 Å². The molecule has 0 amide bonds. The molecule has 0 saturated carbocycles. The summed E-state index contributed by atoms with van der Waals surface area (Å²) in [5, 5.41) is 2.06. The van der Waals surface area contributed by atoms with Crippen LogP contribution in [0.3, 0.4) is 0 Å². The van der Waals surface area contributed by atoms with Gasteiger partial charge in [-0.3, -0.25) is 0 Å². The first-order chi connectivity index (χ1) is 3.41. The minimum atomic E-state index is 1.02. The normalized spacial score (nSPS) is 9.86. The van der Waals surface area contributed by atoms with Crippen molar-refractivity contribution in [2.75, 3.05) is 5.75 Å². The predicted octanol–water partition coefficient (Wildman–Crippen LogP) is 2.44. The van der Waals surface area contributed by atoms with Gasteiger partial charge in [0.2, 0.25) is 0 Å². The van der Waals surface area contributed by atoms with E-state index < -0.39 is 0 Å². The maximum absolute atomic E-state index is 3.58. The molecule has 0 aliphatic rings. The zero-order valence-corrected chi connectivity index (χ0v) is 5.37. The molecule has 0 rings (SSSR count). The summed E-state index contributed by atoms with van der Waals surface area (Å²) in [6.45, 7) is 5.59. The highest BCUT2D eigenvalue weighted by molar-refractivity contribution is 8.02. The Morgan fingerprint density at radius 2 is 2.43 bits per heavy atom. The lowest BCUT2D eigenvalue weighted by molar-refractivity contribution is 1.77. The largest absolute Gasteiger partial charge is 0.130 e. The lowest BCUT2D eigenvalue weighted by atomic mass is 10.8. The summed E-state index contributed by atoms with van der Waals surface area (Å²) in [7, 11) is 0. The van der Waals surface area contributed by atoms with Crippen LogP contribution >= 0.6 is 11.8 Å². The van der Waals surface area contributed by atoms with Crippen LogP contribution in [0.1, 0.15) is 6.92 Å². The third kappa shape index (κ3) is 5.83. The van der Waals surface area contributed by atoms with Crippen molar-refractivity contribution in [2.45, 2.75) is 6.92 Å². The zero-order valence-electron chi connectivity index (χ0n) is 4.55. The summed E-state index contributed by atoms with van der Waals surface area (Å²) in [5.41, 5.74) is 0. The molecule has 0 aliphatic carbocycles. The van der Waals surface area contributed by atoms with Gasteiger partial charge in [-0.05, 0) is 12.3 Å². The van der Waals surface area contributed by atoms with Gasteiger partial charge in [0.15, 0.2) is 0 Å². The van der Waals surface area contributed by atoms with Gasteiger partial charge in [0.25, 0.3) is 0 Å². The van der Waals surface area contributed by atoms with Gasteiger partial charge in [-0.1, -0.05) is 12.2 Å². The second-order valence-corrected chi connectivity index (χ2v) is 2.03. The van der Waals surface area contributed by atoms with E-state index in [1.165, 1.54) is 0 Å². The maximum Gasteiger partial charge on any atom is 0.0152 e. The van der Waals surface area contributed by atoms with Gasteiger partial charge < -0.3 is 0 Å². The van der Waals surface area contributed by atoms with Crippen LogP contribution in [0.25, 0.3) is 0 Å². The quantitative estimate of drug-likeness (QED) is 0.401. The lowest BCUT2D eigenvalue weighted by Crippen LogP contribution is -1.58.